The number of hydrogen-bond donors (Lipinski definition) is 1. The monoisotopic (exact) mass is 349 g/mol. The van der Waals surface area contributed by atoms with Gasteiger partial charge in [-0.15, -0.1) is 11.3 Å². The average molecular weight is 349 g/mol. The smallest absolute Gasteiger partial charge is 0.271 e. The second-order valence-corrected chi connectivity index (χ2v) is 8.04. The van der Waals surface area contributed by atoms with Gasteiger partial charge in [0.1, 0.15) is 4.21 Å². The minimum atomic E-state index is -3.65. The number of thiophene rings is 1. The maximum absolute atomic E-state index is 12.6. The summed E-state index contributed by atoms with van der Waals surface area (Å²) in [5, 5.41) is 5.49. The maximum Gasteiger partial charge on any atom is 0.271 e. The van der Waals surface area contributed by atoms with Gasteiger partial charge in [-0.25, -0.2) is 8.42 Å². The lowest BCUT2D eigenvalue weighted by molar-refractivity contribution is 0.394. The number of benzene rings is 1. The van der Waals surface area contributed by atoms with Crippen molar-refractivity contribution >= 4 is 27.0 Å². The van der Waals surface area contributed by atoms with Crippen molar-refractivity contribution in [2.75, 3.05) is 4.72 Å². The maximum atomic E-state index is 12.6. The van der Waals surface area contributed by atoms with Gasteiger partial charge in [-0.3, -0.25) is 4.72 Å². The van der Waals surface area contributed by atoms with Gasteiger partial charge in [0, 0.05) is 17.9 Å². The Bertz CT molecular complexity index is 958. The van der Waals surface area contributed by atoms with E-state index in [1.165, 1.54) is 0 Å². The molecule has 0 spiro atoms. The van der Waals surface area contributed by atoms with Crippen LogP contribution >= 0.6 is 11.3 Å². The summed E-state index contributed by atoms with van der Waals surface area (Å²) in [6.07, 6.45) is 0. The molecule has 0 bridgehead atoms. The summed E-state index contributed by atoms with van der Waals surface area (Å²) in [5.41, 5.74) is 3.05. The van der Waals surface area contributed by atoms with Crippen molar-refractivity contribution in [3.63, 3.8) is 0 Å². The van der Waals surface area contributed by atoms with Gasteiger partial charge >= 0.3 is 0 Å². The van der Waals surface area contributed by atoms with E-state index in [1.807, 2.05) is 32.0 Å². The quantitative estimate of drug-likeness (QED) is 0.779. The zero-order valence-electron chi connectivity index (χ0n) is 12.8. The van der Waals surface area contributed by atoms with Gasteiger partial charge < -0.3 is 4.52 Å². The van der Waals surface area contributed by atoms with Crippen LogP contribution in [-0.4, -0.2) is 18.6 Å². The Balaban J connectivity index is 1.91. The molecule has 0 saturated carbocycles. The molecule has 2 aromatic heterocycles. The lowest BCUT2D eigenvalue weighted by atomic mass is 10.1. The van der Waals surface area contributed by atoms with E-state index in [9.17, 15) is 8.42 Å². The van der Waals surface area contributed by atoms with E-state index >= 15 is 0 Å². The molecule has 1 aromatic carbocycles. The summed E-state index contributed by atoms with van der Waals surface area (Å²) in [4.78, 5) is 4.10. The largest absolute Gasteiger partial charge is 0.339 e. The van der Waals surface area contributed by atoms with Crippen LogP contribution in [0.15, 0.2) is 38.4 Å². The highest BCUT2D eigenvalue weighted by molar-refractivity contribution is 7.94. The predicted octanol–water partition coefficient (Wildman–Crippen LogP) is 3.52. The molecule has 0 radical (unpaired) electrons. The Labute approximate surface area is 138 Å². The Morgan fingerprint density at radius 3 is 2.65 bits per heavy atom. The summed E-state index contributed by atoms with van der Waals surface area (Å²) in [7, 11) is -3.65. The second-order valence-electron chi connectivity index (χ2n) is 5.22. The van der Waals surface area contributed by atoms with Crippen LogP contribution in [0.25, 0.3) is 11.4 Å². The van der Waals surface area contributed by atoms with E-state index in [4.69, 9.17) is 4.52 Å². The predicted molar refractivity (Wildman–Crippen MR) is 89.1 cm³/mol. The number of hydrogen-bond acceptors (Lipinski definition) is 6. The molecule has 0 unspecified atom stereocenters. The first kappa shape index (κ1) is 15.7. The molecule has 6 nitrogen and oxygen atoms in total. The number of anilines is 1. The number of nitrogens with zero attached hydrogens (tertiary/aromatic N) is 2. The third kappa shape index (κ3) is 3.27. The van der Waals surface area contributed by atoms with E-state index in [-0.39, 0.29) is 4.21 Å². The molecular formula is C15H15N3O3S2. The van der Waals surface area contributed by atoms with Gasteiger partial charge in [-0.1, -0.05) is 17.3 Å². The first-order valence-corrected chi connectivity index (χ1v) is 9.21. The zero-order chi connectivity index (χ0) is 16.6. The molecule has 2 heterocycles. The summed E-state index contributed by atoms with van der Waals surface area (Å²) >= 11 is 1.12. The minimum Gasteiger partial charge on any atom is -0.339 e. The van der Waals surface area contributed by atoms with Crippen LogP contribution < -0.4 is 4.72 Å². The van der Waals surface area contributed by atoms with Crippen molar-refractivity contribution in [2.24, 2.45) is 0 Å². The van der Waals surface area contributed by atoms with E-state index in [0.29, 0.717) is 23.0 Å². The zero-order valence-corrected chi connectivity index (χ0v) is 14.5. The molecule has 0 amide bonds. The van der Waals surface area contributed by atoms with Crippen LogP contribution in [0.3, 0.4) is 0 Å². The number of rotatable bonds is 4. The van der Waals surface area contributed by atoms with Crippen LogP contribution in [0.4, 0.5) is 5.69 Å². The minimum absolute atomic E-state index is 0.204. The van der Waals surface area contributed by atoms with Gasteiger partial charge in [-0.05, 0) is 37.1 Å². The molecule has 23 heavy (non-hydrogen) atoms. The number of aryl methyl sites for hydroxylation is 3. The summed E-state index contributed by atoms with van der Waals surface area (Å²) in [6, 6.07) is 7.18. The Hall–Kier alpha value is -2.19. The van der Waals surface area contributed by atoms with Crippen molar-refractivity contribution in [1.82, 2.24) is 10.1 Å². The lowest BCUT2D eigenvalue weighted by Crippen LogP contribution is -2.12. The highest BCUT2D eigenvalue weighted by atomic mass is 32.2. The van der Waals surface area contributed by atoms with Gasteiger partial charge in [0.25, 0.3) is 10.0 Å². The molecule has 120 valence electrons. The molecule has 3 aromatic rings. The van der Waals surface area contributed by atoms with Crippen molar-refractivity contribution in [2.45, 2.75) is 25.0 Å². The first-order valence-electron chi connectivity index (χ1n) is 6.84. The van der Waals surface area contributed by atoms with Crippen molar-refractivity contribution in [3.8, 4) is 11.4 Å². The average Bonchev–Trinajstić information content (AvgIpc) is 3.11. The molecule has 0 saturated heterocycles. The van der Waals surface area contributed by atoms with Gasteiger partial charge in [0.15, 0.2) is 0 Å². The fraction of sp³-hybridized carbons (Fsp3) is 0.200. The van der Waals surface area contributed by atoms with Gasteiger partial charge in [-0.2, -0.15) is 4.98 Å². The fourth-order valence-electron chi connectivity index (χ4n) is 2.03. The van der Waals surface area contributed by atoms with Crippen LogP contribution in [0.5, 0.6) is 0 Å². The van der Waals surface area contributed by atoms with E-state index in [2.05, 4.69) is 14.9 Å². The number of aromatic nitrogens is 2. The topological polar surface area (TPSA) is 85.1 Å². The third-order valence-electron chi connectivity index (χ3n) is 3.26. The Morgan fingerprint density at radius 1 is 1.17 bits per heavy atom. The van der Waals surface area contributed by atoms with Crippen LogP contribution in [0.1, 0.15) is 17.0 Å². The van der Waals surface area contributed by atoms with E-state index in [1.54, 1.807) is 18.4 Å². The highest BCUT2D eigenvalue weighted by Gasteiger charge is 2.19. The summed E-state index contributed by atoms with van der Waals surface area (Å²) < 4.78 is 32.9. The van der Waals surface area contributed by atoms with Crippen molar-refractivity contribution < 1.29 is 12.9 Å². The van der Waals surface area contributed by atoms with Gasteiger partial charge in [0.2, 0.25) is 11.7 Å². The molecule has 8 heteroatoms. The van der Waals surface area contributed by atoms with Crippen molar-refractivity contribution in [3.05, 3.63) is 46.7 Å². The molecule has 3 rings (SSSR count). The Kier molecular flexibility index (Phi) is 3.95. The highest BCUT2D eigenvalue weighted by Crippen LogP contribution is 2.29. The third-order valence-corrected chi connectivity index (χ3v) is 6.07. The molecule has 1 N–H and O–H groups in total. The van der Waals surface area contributed by atoms with E-state index < -0.39 is 10.0 Å². The molecule has 0 fully saturated rings. The van der Waals surface area contributed by atoms with Crippen molar-refractivity contribution in [1.29, 1.82) is 0 Å². The molecule has 0 atom stereocenters. The molecular weight excluding hydrogens is 334 g/mol. The Morgan fingerprint density at radius 2 is 1.96 bits per heavy atom. The van der Waals surface area contributed by atoms with Crippen LogP contribution in [0.2, 0.25) is 0 Å². The summed E-state index contributed by atoms with van der Waals surface area (Å²) in [6.45, 7) is 5.46. The summed E-state index contributed by atoms with van der Waals surface area (Å²) in [5.74, 6) is 0.816. The lowest BCUT2D eigenvalue weighted by Gasteiger charge is -2.10. The number of sulfonamides is 1. The van der Waals surface area contributed by atoms with E-state index in [0.717, 1.165) is 22.5 Å². The SMILES string of the molecule is Cc1ccc(C)c(NS(=O)(=O)c2cc(-c3noc(C)n3)cs2)c1. The first-order chi connectivity index (χ1) is 10.8. The molecule has 0 aliphatic rings. The fourth-order valence-corrected chi connectivity index (χ4v) is 4.31. The van der Waals surface area contributed by atoms with Gasteiger partial charge in [0.05, 0.1) is 5.69 Å². The molecule has 0 aliphatic heterocycles. The van der Waals surface area contributed by atoms with Crippen LogP contribution in [-0.2, 0) is 10.0 Å². The second kappa shape index (κ2) is 5.78. The number of nitrogens with one attached hydrogen (secondary N) is 1. The normalized spacial score (nSPS) is 11.6. The standard InChI is InChI=1S/C15H15N3O3S2/c1-9-4-5-10(2)13(6-9)18-23(19,20)14-7-12(8-22-14)15-16-11(3)21-17-15/h4-8,18H,1-3H3. The molecule has 0 aliphatic carbocycles. The van der Waals surface area contributed by atoms with Crippen LogP contribution in [0, 0.1) is 20.8 Å².